The van der Waals surface area contributed by atoms with Gasteiger partial charge in [-0.15, -0.1) is 0 Å². The fourth-order valence-electron chi connectivity index (χ4n) is 1.39. The second-order valence-electron chi connectivity index (χ2n) is 2.89. The molecule has 0 saturated heterocycles. The summed E-state index contributed by atoms with van der Waals surface area (Å²) in [6.07, 6.45) is 1.90. The van der Waals surface area contributed by atoms with E-state index < -0.39 is 0 Å². The van der Waals surface area contributed by atoms with E-state index in [-0.39, 0.29) is 0 Å². The predicted molar refractivity (Wildman–Crippen MR) is 53.2 cm³/mol. The average molecular weight is 170 g/mol. The first-order valence-corrected chi connectivity index (χ1v) is 3.97. The summed E-state index contributed by atoms with van der Waals surface area (Å²) < 4.78 is 0. The normalized spacial score (nSPS) is 10.2. The van der Waals surface area contributed by atoms with Crippen molar-refractivity contribution in [3.63, 3.8) is 0 Å². The Hall–Kier alpha value is -1.83. The first-order valence-electron chi connectivity index (χ1n) is 3.97. The van der Waals surface area contributed by atoms with Crippen LogP contribution in [0.15, 0.2) is 36.4 Å². The zero-order valence-corrected chi connectivity index (χ0v) is 6.95. The molecule has 0 unspecified atom stereocenters. The fourth-order valence-corrected chi connectivity index (χ4v) is 1.39. The number of hydrogen-bond acceptors (Lipinski definition) is 2. The maximum atomic E-state index is 10.5. The molecule has 0 aromatic heterocycles. The number of rotatable bonds is 1. The molecule has 2 N–H and O–H groups in total. The van der Waals surface area contributed by atoms with Crippen molar-refractivity contribution in [2.75, 3.05) is 5.73 Å². The lowest BCUT2D eigenvalue weighted by atomic mass is 10.1. The Bertz CT molecular complexity index is 463. The van der Waals surface area contributed by atoms with Crippen molar-refractivity contribution >= 4 is 22.7 Å². The van der Waals surface area contributed by atoms with Crippen molar-refractivity contribution in [3.05, 3.63) is 42.0 Å². The van der Waals surface area contributed by atoms with E-state index >= 15 is 0 Å². The van der Waals surface area contributed by atoms with Crippen LogP contribution in [0, 0.1) is 0 Å². The molecule has 2 nitrogen and oxygen atoms in total. The van der Waals surface area contributed by atoms with Crippen molar-refractivity contribution in [1.29, 1.82) is 0 Å². The van der Waals surface area contributed by atoms with Gasteiger partial charge in [0.25, 0.3) is 0 Å². The zero-order valence-electron chi connectivity index (χ0n) is 6.95. The fraction of sp³-hybridized carbons (Fsp3) is 0. The number of anilines is 1. The molecule has 2 aromatic carbocycles. The Labute approximate surface area is 76.0 Å². The third-order valence-corrected chi connectivity index (χ3v) is 2.01. The van der Waals surface area contributed by atoms with Crippen molar-refractivity contribution in [3.8, 4) is 0 Å². The summed E-state index contributed by atoms with van der Waals surface area (Å²) in [6.45, 7) is 0. The molecule has 2 aromatic rings. The molecule has 0 heterocycles. The summed E-state index contributed by atoms with van der Waals surface area (Å²) in [5.74, 6) is 0. The van der Waals surface area contributed by atoms with Gasteiger partial charge in [0.1, 0.15) is 0 Å². The zero-order chi connectivity index (χ0) is 9.26. The van der Waals surface area contributed by atoms with Crippen LogP contribution in [-0.4, -0.2) is 6.29 Å². The number of nitrogens with two attached hydrogens (primary N) is 1. The number of carbonyl (C=O) groups excluding carboxylic acids is 1. The molecular formula is C11H8NO. The van der Waals surface area contributed by atoms with E-state index in [1.165, 1.54) is 0 Å². The van der Waals surface area contributed by atoms with E-state index in [4.69, 9.17) is 5.73 Å². The van der Waals surface area contributed by atoms with Crippen molar-refractivity contribution in [2.45, 2.75) is 0 Å². The molecule has 0 aliphatic rings. The van der Waals surface area contributed by atoms with Gasteiger partial charge in [0.05, 0.1) is 0 Å². The van der Waals surface area contributed by atoms with Gasteiger partial charge in [0, 0.05) is 11.3 Å². The minimum absolute atomic E-state index is 0.581. The number of nitrogen functional groups attached to an aromatic ring is 1. The Kier molecular flexibility index (Phi) is 1.74. The summed E-state index contributed by atoms with van der Waals surface area (Å²) >= 11 is 0. The first kappa shape index (κ1) is 7.80. The van der Waals surface area contributed by atoms with E-state index in [1.54, 1.807) is 12.1 Å². The van der Waals surface area contributed by atoms with Crippen molar-refractivity contribution in [2.24, 2.45) is 0 Å². The molecule has 0 bridgehead atoms. The number of fused-ring (bicyclic) bond motifs is 1. The summed E-state index contributed by atoms with van der Waals surface area (Å²) in [7, 11) is 0. The van der Waals surface area contributed by atoms with Gasteiger partial charge in [-0.2, -0.15) is 0 Å². The second-order valence-corrected chi connectivity index (χ2v) is 2.89. The standard InChI is InChI=1S/C11H8NO/c12-10-4-5-11-8(6-10)2-1-3-9(11)7-13/h1-6H,12H2. The molecule has 1 radical (unpaired) electrons. The van der Waals surface area contributed by atoms with Crippen molar-refractivity contribution < 1.29 is 4.79 Å². The lowest BCUT2D eigenvalue weighted by Gasteiger charge is -2.00. The molecule has 0 amide bonds. The highest BCUT2D eigenvalue weighted by molar-refractivity contribution is 5.99. The molecular weight excluding hydrogens is 162 g/mol. The third kappa shape index (κ3) is 1.26. The van der Waals surface area contributed by atoms with E-state index in [0.717, 1.165) is 10.8 Å². The van der Waals surface area contributed by atoms with Gasteiger partial charge in [-0.25, -0.2) is 0 Å². The lowest BCUT2D eigenvalue weighted by Crippen LogP contribution is -1.87. The van der Waals surface area contributed by atoms with Crippen LogP contribution in [0.5, 0.6) is 0 Å². The van der Waals surface area contributed by atoms with Gasteiger partial charge in [-0.05, 0) is 22.9 Å². The van der Waals surface area contributed by atoms with Crippen LogP contribution in [0.25, 0.3) is 10.8 Å². The minimum Gasteiger partial charge on any atom is -0.399 e. The third-order valence-electron chi connectivity index (χ3n) is 2.01. The Balaban J connectivity index is 2.84. The predicted octanol–water partition coefficient (Wildman–Crippen LogP) is 1.88. The molecule has 0 spiro atoms. The molecule has 2 heteroatoms. The Morgan fingerprint density at radius 1 is 1.15 bits per heavy atom. The van der Waals surface area contributed by atoms with Crippen LogP contribution in [0.2, 0.25) is 0 Å². The Morgan fingerprint density at radius 2 is 2.00 bits per heavy atom. The molecule has 2 rings (SSSR count). The molecule has 0 saturated carbocycles. The van der Waals surface area contributed by atoms with Crippen LogP contribution in [0.1, 0.15) is 5.56 Å². The Morgan fingerprint density at radius 3 is 2.77 bits per heavy atom. The average Bonchev–Trinajstić information content (AvgIpc) is 2.16. The van der Waals surface area contributed by atoms with Crippen LogP contribution in [-0.2, 0) is 4.79 Å². The SMILES string of the molecule is Nc1ccc2c([C]=O)cccc2c1. The molecule has 13 heavy (non-hydrogen) atoms. The van der Waals surface area contributed by atoms with E-state index in [9.17, 15) is 4.79 Å². The summed E-state index contributed by atoms with van der Waals surface area (Å²) in [6, 6.07) is 10.9. The van der Waals surface area contributed by atoms with Crippen LogP contribution < -0.4 is 5.73 Å². The van der Waals surface area contributed by atoms with Gasteiger partial charge in [0.2, 0.25) is 6.29 Å². The highest BCUT2D eigenvalue weighted by Gasteiger charge is 1.99. The monoisotopic (exact) mass is 170 g/mol. The summed E-state index contributed by atoms with van der Waals surface area (Å²) in [4.78, 5) is 10.5. The minimum atomic E-state index is 0.581. The van der Waals surface area contributed by atoms with Gasteiger partial charge < -0.3 is 5.73 Å². The van der Waals surface area contributed by atoms with Crippen LogP contribution >= 0.6 is 0 Å². The highest BCUT2D eigenvalue weighted by Crippen LogP contribution is 2.19. The van der Waals surface area contributed by atoms with Gasteiger partial charge in [-0.3, -0.25) is 4.79 Å². The van der Waals surface area contributed by atoms with Gasteiger partial charge in [-0.1, -0.05) is 24.3 Å². The lowest BCUT2D eigenvalue weighted by molar-refractivity contribution is 0.563. The van der Waals surface area contributed by atoms with Gasteiger partial charge in [0.15, 0.2) is 0 Å². The van der Waals surface area contributed by atoms with Crippen LogP contribution in [0.3, 0.4) is 0 Å². The number of hydrogen-bond donors (Lipinski definition) is 1. The smallest absolute Gasteiger partial charge is 0.234 e. The molecule has 0 aliphatic heterocycles. The van der Waals surface area contributed by atoms with Crippen LogP contribution in [0.4, 0.5) is 5.69 Å². The molecule has 63 valence electrons. The molecule has 0 atom stereocenters. The topological polar surface area (TPSA) is 43.1 Å². The van der Waals surface area contributed by atoms with E-state index in [0.29, 0.717) is 11.3 Å². The second kappa shape index (κ2) is 2.90. The summed E-state index contributed by atoms with van der Waals surface area (Å²) in [5.41, 5.74) is 6.90. The first-order chi connectivity index (χ1) is 6.31. The van der Waals surface area contributed by atoms with E-state index in [1.807, 2.05) is 30.6 Å². The highest BCUT2D eigenvalue weighted by atomic mass is 16.1. The maximum absolute atomic E-state index is 10.5. The largest absolute Gasteiger partial charge is 0.399 e. The quantitative estimate of drug-likeness (QED) is 0.664. The number of benzene rings is 2. The molecule has 0 fully saturated rings. The summed E-state index contributed by atoms with van der Waals surface area (Å²) in [5, 5.41) is 1.87. The maximum Gasteiger partial charge on any atom is 0.234 e. The molecule has 0 aliphatic carbocycles. The van der Waals surface area contributed by atoms with Gasteiger partial charge >= 0.3 is 0 Å². The van der Waals surface area contributed by atoms with E-state index in [2.05, 4.69) is 0 Å². The van der Waals surface area contributed by atoms with Crippen molar-refractivity contribution in [1.82, 2.24) is 0 Å².